The van der Waals surface area contributed by atoms with E-state index in [9.17, 15) is 13.2 Å². The van der Waals surface area contributed by atoms with E-state index in [4.69, 9.17) is 11.6 Å². The largest absolute Gasteiger partial charge is 0.226 e. The molecule has 0 radical (unpaired) electrons. The van der Waals surface area contributed by atoms with Crippen molar-refractivity contribution < 1.29 is 13.2 Å². The Morgan fingerprint density at radius 1 is 1.06 bits per heavy atom. The number of rotatable bonds is 1. The maximum Gasteiger partial charge on any atom is 0.222 e. The minimum Gasteiger partial charge on any atom is -0.226 e. The Morgan fingerprint density at radius 3 is 2.25 bits per heavy atom. The molecule has 6 heteroatoms. The fourth-order valence-electron chi connectivity index (χ4n) is 1.20. The third-order valence-corrected chi connectivity index (χ3v) is 2.09. The lowest BCUT2D eigenvalue weighted by atomic mass is 10.1. The average molecular weight is 245 g/mol. The molecule has 16 heavy (non-hydrogen) atoms. The molecule has 0 amide bonds. The van der Waals surface area contributed by atoms with Gasteiger partial charge in [0, 0.05) is 11.8 Å². The zero-order valence-electron chi connectivity index (χ0n) is 7.72. The van der Waals surface area contributed by atoms with E-state index in [1.165, 1.54) is 12.3 Å². The highest BCUT2D eigenvalue weighted by Gasteiger charge is 2.12. The highest BCUT2D eigenvalue weighted by atomic mass is 35.5. The summed E-state index contributed by atoms with van der Waals surface area (Å²) < 4.78 is 38.6. The lowest BCUT2D eigenvalue weighted by molar-refractivity contribution is 0.447. The maximum absolute atomic E-state index is 12.9. The summed E-state index contributed by atoms with van der Waals surface area (Å²) in [6.07, 6.45) is 1.34. The van der Waals surface area contributed by atoms with E-state index in [0.717, 1.165) is 12.1 Å². The summed E-state index contributed by atoms with van der Waals surface area (Å²) in [5.74, 6) is -4.06. The van der Waals surface area contributed by atoms with Crippen molar-refractivity contribution >= 4 is 11.6 Å². The van der Waals surface area contributed by atoms with Gasteiger partial charge < -0.3 is 0 Å². The van der Waals surface area contributed by atoms with Gasteiger partial charge in [0.2, 0.25) is 5.28 Å². The summed E-state index contributed by atoms with van der Waals surface area (Å²) in [5, 5.41) is -0.0531. The molecule has 1 heterocycles. The van der Waals surface area contributed by atoms with Gasteiger partial charge in [0.1, 0.15) is 0 Å². The van der Waals surface area contributed by atoms with Gasteiger partial charge in [-0.15, -0.1) is 0 Å². The van der Waals surface area contributed by atoms with Crippen molar-refractivity contribution in [1.82, 2.24) is 9.97 Å². The molecular formula is C10H4ClF3N2. The van der Waals surface area contributed by atoms with Crippen LogP contribution in [-0.2, 0) is 0 Å². The van der Waals surface area contributed by atoms with Gasteiger partial charge in [-0.3, -0.25) is 0 Å². The van der Waals surface area contributed by atoms with Crippen LogP contribution in [-0.4, -0.2) is 9.97 Å². The second-order valence-corrected chi connectivity index (χ2v) is 3.30. The van der Waals surface area contributed by atoms with Gasteiger partial charge in [-0.1, -0.05) is 0 Å². The molecule has 0 atom stereocenters. The van der Waals surface area contributed by atoms with Crippen molar-refractivity contribution in [3.05, 3.63) is 47.1 Å². The number of hydrogen-bond acceptors (Lipinski definition) is 2. The van der Waals surface area contributed by atoms with Crippen molar-refractivity contribution in [2.24, 2.45) is 0 Å². The van der Waals surface area contributed by atoms with Crippen LogP contribution in [0, 0.1) is 17.5 Å². The second-order valence-electron chi connectivity index (χ2n) is 2.96. The Kier molecular flexibility index (Phi) is 2.78. The van der Waals surface area contributed by atoms with Gasteiger partial charge in [0.25, 0.3) is 0 Å². The number of benzene rings is 1. The molecule has 0 N–H and O–H groups in total. The standard InChI is InChI=1S/C10H4ClF3N2/c11-10-15-2-1-8(16-10)5-3-6(12)9(14)7(13)4-5/h1-4H. The first-order valence-corrected chi connectivity index (χ1v) is 4.59. The van der Waals surface area contributed by atoms with E-state index in [0.29, 0.717) is 0 Å². The summed E-state index contributed by atoms with van der Waals surface area (Å²) in [6.45, 7) is 0. The molecule has 82 valence electrons. The molecule has 0 spiro atoms. The molecule has 1 aromatic heterocycles. The molecule has 0 unspecified atom stereocenters. The molecule has 0 saturated heterocycles. The smallest absolute Gasteiger partial charge is 0.222 e. The zero-order chi connectivity index (χ0) is 11.7. The highest BCUT2D eigenvalue weighted by molar-refractivity contribution is 6.28. The van der Waals surface area contributed by atoms with Gasteiger partial charge in [-0.05, 0) is 29.8 Å². The monoisotopic (exact) mass is 244 g/mol. The fourth-order valence-corrected chi connectivity index (χ4v) is 1.35. The lowest BCUT2D eigenvalue weighted by Crippen LogP contribution is -1.93. The van der Waals surface area contributed by atoms with Gasteiger partial charge in [-0.25, -0.2) is 23.1 Å². The minimum atomic E-state index is -1.51. The van der Waals surface area contributed by atoms with Crippen LogP contribution in [0.5, 0.6) is 0 Å². The summed E-state index contributed by atoms with van der Waals surface area (Å²) in [6, 6.07) is 3.10. The Morgan fingerprint density at radius 2 is 1.69 bits per heavy atom. The van der Waals surface area contributed by atoms with Gasteiger partial charge in [0.05, 0.1) is 5.69 Å². The molecule has 0 aliphatic rings. The normalized spacial score (nSPS) is 10.5. The fraction of sp³-hybridized carbons (Fsp3) is 0. The van der Waals surface area contributed by atoms with Crippen LogP contribution in [0.15, 0.2) is 24.4 Å². The molecule has 0 saturated carbocycles. The molecule has 2 aromatic rings. The molecule has 0 aliphatic heterocycles. The molecular weight excluding hydrogens is 241 g/mol. The number of hydrogen-bond donors (Lipinski definition) is 0. The number of aromatic nitrogens is 2. The summed E-state index contributed by atoms with van der Waals surface area (Å²) in [7, 11) is 0. The first kappa shape index (κ1) is 10.9. The van der Waals surface area contributed by atoms with Crippen LogP contribution in [0.1, 0.15) is 0 Å². The molecule has 2 rings (SSSR count). The van der Waals surface area contributed by atoms with E-state index in [-0.39, 0.29) is 16.5 Å². The van der Waals surface area contributed by atoms with Crippen LogP contribution < -0.4 is 0 Å². The number of nitrogens with zero attached hydrogens (tertiary/aromatic N) is 2. The van der Waals surface area contributed by atoms with E-state index in [1.807, 2.05) is 0 Å². The predicted molar refractivity (Wildman–Crippen MR) is 52.4 cm³/mol. The Labute approximate surface area is 93.7 Å². The zero-order valence-corrected chi connectivity index (χ0v) is 8.47. The average Bonchev–Trinajstić information content (AvgIpc) is 2.25. The van der Waals surface area contributed by atoms with Gasteiger partial charge >= 0.3 is 0 Å². The molecule has 2 nitrogen and oxygen atoms in total. The number of halogens is 4. The van der Waals surface area contributed by atoms with Gasteiger partial charge in [-0.2, -0.15) is 0 Å². The van der Waals surface area contributed by atoms with E-state index in [2.05, 4.69) is 9.97 Å². The Hall–Kier alpha value is -1.62. The van der Waals surface area contributed by atoms with E-state index >= 15 is 0 Å². The summed E-state index contributed by atoms with van der Waals surface area (Å²) in [4.78, 5) is 7.37. The third-order valence-electron chi connectivity index (χ3n) is 1.91. The molecule has 0 bridgehead atoms. The molecule has 0 fully saturated rings. The first-order valence-electron chi connectivity index (χ1n) is 4.21. The third kappa shape index (κ3) is 1.99. The Balaban J connectivity index is 2.57. The Bertz CT molecular complexity index is 522. The van der Waals surface area contributed by atoms with Crippen LogP contribution in [0.25, 0.3) is 11.3 Å². The van der Waals surface area contributed by atoms with E-state index < -0.39 is 17.5 Å². The van der Waals surface area contributed by atoms with Crippen LogP contribution in [0.3, 0.4) is 0 Å². The maximum atomic E-state index is 12.9. The topological polar surface area (TPSA) is 25.8 Å². The first-order chi connectivity index (χ1) is 7.58. The van der Waals surface area contributed by atoms with E-state index in [1.54, 1.807) is 0 Å². The van der Waals surface area contributed by atoms with Crippen molar-refractivity contribution in [1.29, 1.82) is 0 Å². The SMILES string of the molecule is Fc1cc(-c2ccnc(Cl)n2)cc(F)c1F. The molecule has 1 aromatic carbocycles. The van der Waals surface area contributed by atoms with Crippen molar-refractivity contribution in [3.63, 3.8) is 0 Å². The van der Waals surface area contributed by atoms with Crippen molar-refractivity contribution in [2.75, 3.05) is 0 Å². The van der Waals surface area contributed by atoms with Crippen molar-refractivity contribution in [2.45, 2.75) is 0 Å². The second kappa shape index (κ2) is 4.09. The quantitative estimate of drug-likeness (QED) is 0.569. The van der Waals surface area contributed by atoms with Crippen LogP contribution in [0.2, 0.25) is 5.28 Å². The lowest BCUT2D eigenvalue weighted by Gasteiger charge is -2.02. The van der Waals surface area contributed by atoms with Gasteiger partial charge in [0.15, 0.2) is 17.5 Å². The van der Waals surface area contributed by atoms with Crippen LogP contribution >= 0.6 is 11.6 Å². The van der Waals surface area contributed by atoms with Crippen molar-refractivity contribution in [3.8, 4) is 11.3 Å². The summed E-state index contributed by atoms with van der Waals surface area (Å²) >= 11 is 5.52. The molecule has 0 aliphatic carbocycles. The van der Waals surface area contributed by atoms with Crippen LogP contribution in [0.4, 0.5) is 13.2 Å². The highest BCUT2D eigenvalue weighted by Crippen LogP contribution is 2.22. The minimum absolute atomic E-state index is 0.0531. The predicted octanol–water partition coefficient (Wildman–Crippen LogP) is 3.21. The summed E-state index contributed by atoms with van der Waals surface area (Å²) in [5.41, 5.74) is 0.318.